The van der Waals surface area contributed by atoms with E-state index < -0.39 is 19.9 Å². The van der Waals surface area contributed by atoms with Crippen LogP contribution in [0, 0.1) is 6.92 Å². The van der Waals surface area contributed by atoms with Crippen LogP contribution in [0.2, 0.25) is 0 Å². The Bertz CT molecular complexity index is 574. The van der Waals surface area contributed by atoms with Crippen molar-refractivity contribution in [3.05, 3.63) is 12.0 Å². The molecule has 0 amide bonds. The second-order valence-corrected chi connectivity index (χ2v) is 7.71. The van der Waals surface area contributed by atoms with Gasteiger partial charge in [-0.15, -0.1) is 0 Å². The summed E-state index contributed by atoms with van der Waals surface area (Å²) >= 11 is 0. The first-order valence-corrected chi connectivity index (χ1v) is 8.44. The van der Waals surface area contributed by atoms with E-state index in [4.69, 9.17) is 0 Å². The molecular formula is C8H15N3O4S2. The SMILES string of the molecule is Cc1ncc(S(=O)(=O)NCCCS(C)(=O)=O)[nH]1. The number of sulfonamides is 1. The molecule has 2 N–H and O–H groups in total. The van der Waals surface area contributed by atoms with Crippen molar-refractivity contribution in [2.24, 2.45) is 0 Å². The van der Waals surface area contributed by atoms with E-state index >= 15 is 0 Å². The van der Waals surface area contributed by atoms with Crippen LogP contribution in [0.4, 0.5) is 0 Å². The van der Waals surface area contributed by atoms with E-state index in [-0.39, 0.29) is 23.7 Å². The van der Waals surface area contributed by atoms with Gasteiger partial charge in [0, 0.05) is 12.8 Å². The topological polar surface area (TPSA) is 109 Å². The second-order valence-electron chi connectivity index (χ2n) is 3.71. The molecule has 7 nitrogen and oxygen atoms in total. The number of nitrogens with zero attached hydrogens (tertiary/aromatic N) is 1. The van der Waals surface area contributed by atoms with E-state index in [1.165, 1.54) is 6.20 Å². The van der Waals surface area contributed by atoms with Gasteiger partial charge in [-0.25, -0.2) is 26.5 Å². The zero-order valence-electron chi connectivity index (χ0n) is 9.60. The van der Waals surface area contributed by atoms with Crippen molar-refractivity contribution in [2.45, 2.75) is 18.4 Å². The van der Waals surface area contributed by atoms with Crippen molar-refractivity contribution in [1.29, 1.82) is 0 Å². The lowest BCUT2D eigenvalue weighted by Gasteiger charge is -2.03. The number of aromatic nitrogens is 2. The summed E-state index contributed by atoms with van der Waals surface area (Å²) in [4.78, 5) is 6.37. The Morgan fingerprint density at radius 2 is 2.00 bits per heavy atom. The number of hydrogen-bond acceptors (Lipinski definition) is 5. The van der Waals surface area contributed by atoms with Gasteiger partial charge in [-0.1, -0.05) is 0 Å². The maximum absolute atomic E-state index is 11.6. The van der Waals surface area contributed by atoms with Crippen molar-refractivity contribution >= 4 is 19.9 Å². The Balaban J connectivity index is 2.52. The molecular weight excluding hydrogens is 266 g/mol. The smallest absolute Gasteiger partial charge is 0.257 e. The highest BCUT2D eigenvalue weighted by Gasteiger charge is 2.15. The van der Waals surface area contributed by atoms with E-state index in [1.54, 1.807) is 6.92 Å². The molecule has 0 atom stereocenters. The molecule has 0 spiro atoms. The Hall–Kier alpha value is -0.930. The minimum atomic E-state index is -3.62. The first kappa shape index (κ1) is 14.1. The van der Waals surface area contributed by atoms with Gasteiger partial charge in [0.25, 0.3) is 10.0 Å². The van der Waals surface area contributed by atoms with Crippen LogP contribution in [0.1, 0.15) is 12.2 Å². The average Bonchev–Trinajstić information content (AvgIpc) is 2.59. The quantitative estimate of drug-likeness (QED) is 0.679. The zero-order chi connectivity index (χ0) is 13.1. The third kappa shape index (κ3) is 4.84. The Kier molecular flexibility index (Phi) is 4.28. The molecule has 0 fully saturated rings. The number of rotatable bonds is 6. The van der Waals surface area contributed by atoms with Crippen molar-refractivity contribution in [2.75, 3.05) is 18.6 Å². The molecule has 0 saturated carbocycles. The fraction of sp³-hybridized carbons (Fsp3) is 0.625. The monoisotopic (exact) mass is 281 g/mol. The lowest BCUT2D eigenvalue weighted by molar-refractivity contribution is 0.574. The number of H-pyrrole nitrogens is 1. The van der Waals surface area contributed by atoms with Gasteiger partial charge in [0.1, 0.15) is 15.7 Å². The molecule has 1 rings (SSSR count). The van der Waals surface area contributed by atoms with Crippen LogP contribution >= 0.6 is 0 Å². The summed E-state index contributed by atoms with van der Waals surface area (Å²) in [7, 11) is -6.68. The van der Waals surface area contributed by atoms with Gasteiger partial charge in [0.05, 0.1) is 11.9 Å². The molecule has 9 heteroatoms. The Morgan fingerprint density at radius 1 is 1.35 bits per heavy atom. The van der Waals surface area contributed by atoms with E-state index in [0.29, 0.717) is 5.82 Å². The summed E-state index contributed by atoms with van der Waals surface area (Å²) in [5.41, 5.74) is 0. The Morgan fingerprint density at radius 3 is 2.47 bits per heavy atom. The van der Waals surface area contributed by atoms with E-state index in [0.717, 1.165) is 6.26 Å². The number of imidazole rings is 1. The first-order valence-electron chi connectivity index (χ1n) is 4.90. The third-order valence-corrected chi connectivity index (χ3v) is 4.35. The molecule has 1 aromatic heterocycles. The van der Waals surface area contributed by atoms with Gasteiger partial charge in [0.15, 0.2) is 5.03 Å². The van der Waals surface area contributed by atoms with Crippen molar-refractivity contribution < 1.29 is 16.8 Å². The number of hydrogen-bond donors (Lipinski definition) is 2. The fourth-order valence-corrected chi connectivity index (χ4v) is 2.86. The second kappa shape index (κ2) is 5.15. The molecule has 17 heavy (non-hydrogen) atoms. The molecule has 98 valence electrons. The summed E-state index contributed by atoms with van der Waals surface area (Å²) in [5, 5.41) is -0.0191. The largest absolute Gasteiger partial charge is 0.332 e. The van der Waals surface area contributed by atoms with E-state index in [9.17, 15) is 16.8 Å². The maximum atomic E-state index is 11.6. The van der Waals surface area contributed by atoms with Crippen LogP contribution in [0.3, 0.4) is 0 Å². The van der Waals surface area contributed by atoms with Crippen LogP contribution in [0.15, 0.2) is 11.2 Å². The summed E-state index contributed by atoms with van der Waals surface area (Å²) < 4.78 is 47.2. The molecule has 0 aliphatic rings. The molecule has 1 heterocycles. The van der Waals surface area contributed by atoms with Crippen LogP contribution in [-0.4, -0.2) is 45.4 Å². The molecule has 0 bridgehead atoms. The van der Waals surface area contributed by atoms with Crippen molar-refractivity contribution in [3.63, 3.8) is 0 Å². The minimum Gasteiger partial charge on any atom is -0.332 e. The van der Waals surface area contributed by atoms with Crippen LogP contribution in [0.25, 0.3) is 0 Å². The number of sulfone groups is 1. The van der Waals surface area contributed by atoms with Gasteiger partial charge in [-0.3, -0.25) is 0 Å². The fourth-order valence-electron chi connectivity index (χ4n) is 1.15. The highest BCUT2D eigenvalue weighted by atomic mass is 32.2. The minimum absolute atomic E-state index is 0.0191. The van der Waals surface area contributed by atoms with Crippen LogP contribution in [0.5, 0.6) is 0 Å². The molecule has 0 aliphatic carbocycles. The molecule has 0 unspecified atom stereocenters. The molecule has 1 aromatic rings. The van der Waals surface area contributed by atoms with E-state index in [2.05, 4.69) is 14.7 Å². The van der Waals surface area contributed by atoms with Gasteiger partial charge >= 0.3 is 0 Å². The lowest BCUT2D eigenvalue weighted by atomic mass is 10.5. The lowest BCUT2D eigenvalue weighted by Crippen LogP contribution is -2.26. The zero-order valence-corrected chi connectivity index (χ0v) is 11.2. The van der Waals surface area contributed by atoms with Crippen molar-refractivity contribution in [3.8, 4) is 0 Å². The van der Waals surface area contributed by atoms with Gasteiger partial charge in [-0.05, 0) is 13.3 Å². The molecule has 0 radical (unpaired) electrons. The predicted molar refractivity (Wildman–Crippen MR) is 62.8 cm³/mol. The maximum Gasteiger partial charge on any atom is 0.257 e. The van der Waals surface area contributed by atoms with Crippen LogP contribution < -0.4 is 4.72 Å². The third-order valence-electron chi connectivity index (χ3n) is 1.95. The standard InChI is InChI=1S/C8H15N3O4S2/c1-7-9-6-8(11-7)17(14,15)10-4-3-5-16(2,12)13/h6,10H,3-5H2,1-2H3,(H,9,11). The number of aromatic amines is 1. The summed E-state index contributed by atoms with van der Waals surface area (Å²) in [6.45, 7) is 1.72. The summed E-state index contributed by atoms with van der Waals surface area (Å²) in [6.07, 6.45) is 2.57. The highest BCUT2D eigenvalue weighted by molar-refractivity contribution is 7.90. The number of nitrogens with one attached hydrogen (secondary N) is 2. The molecule has 0 saturated heterocycles. The molecule has 0 aliphatic heterocycles. The average molecular weight is 281 g/mol. The van der Waals surface area contributed by atoms with Crippen LogP contribution in [-0.2, 0) is 19.9 Å². The van der Waals surface area contributed by atoms with E-state index in [1.807, 2.05) is 0 Å². The number of aryl methyl sites for hydroxylation is 1. The normalized spacial score (nSPS) is 12.8. The van der Waals surface area contributed by atoms with Gasteiger partial charge < -0.3 is 4.98 Å². The molecule has 0 aromatic carbocycles. The van der Waals surface area contributed by atoms with Gasteiger partial charge in [-0.2, -0.15) is 0 Å². The first-order chi connectivity index (χ1) is 7.71. The predicted octanol–water partition coefficient (Wildman–Crippen LogP) is -0.569. The highest BCUT2D eigenvalue weighted by Crippen LogP contribution is 2.04. The summed E-state index contributed by atoms with van der Waals surface area (Å²) in [6, 6.07) is 0. The Labute approximate surface area is 101 Å². The van der Waals surface area contributed by atoms with Crippen molar-refractivity contribution in [1.82, 2.24) is 14.7 Å². The van der Waals surface area contributed by atoms with Gasteiger partial charge in [0.2, 0.25) is 0 Å². The summed E-state index contributed by atoms with van der Waals surface area (Å²) in [5.74, 6) is 0.457.